The third kappa shape index (κ3) is 3.17. The van der Waals surface area contributed by atoms with Gasteiger partial charge < -0.3 is 20.1 Å². The molecule has 2 aliphatic rings. The molecular weight excluding hydrogens is 270 g/mol. The quantitative estimate of drug-likeness (QED) is 0.847. The van der Waals surface area contributed by atoms with Gasteiger partial charge in [-0.15, -0.1) is 0 Å². The summed E-state index contributed by atoms with van der Waals surface area (Å²) in [6.45, 7) is 3.41. The van der Waals surface area contributed by atoms with Gasteiger partial charge >= 0.3 is 0 Å². The van der Waals surface area contributed by atoms with Crippen molar-refractivity contribution in [2.75, 3.05) is 31.5 Å². The van der Waals surface area contributed by atoms with E-state index in [-0.39, 0.29) is 18.4 Å². The van der Waals surface area contributed by atoms with E-state index in [0.29, 0.717) is 5.69 Å². The van der Waals surface area contributed by atoms with Gasteiger partial charge in [-0.3, -0.25) is 9.59 Å². The lowest BCUT2D eigenvalue weighted by atomic mass is 10.1. The monoisotopic (exact) mass is 291 g/mol. The molecule has 0 unspecified atom stereocenters. The third-order valence-electron chi connectivity index (χ3n) is 3.98. The summed E-state index contributed by atoms with van der Waals surface area (Å²) >= 11 is 0. The summed E-state index contributed by atoms with van der Waals surface area (Å²) in [5, 5.41) is 5.82. The van der Waals surface area contributed by atoms with Gasteiger partial charge in [0.2, 0.25) is 11.9 Å². The van der Waals surface area contributed by atoms with Gasteiger partial charge in [0.25, 0.3) is 5.91 Å². The lowest BCUT2D eigenvalue weighted by Gasteiger charge is -2.26. The van der Waals surface area contributed by atoms with Gasteiger partial charge in [-0.25, -0.2) is 4.98 Å². The first-order valence-corrected chi connectivity index (χ1v) is 7.61. The molecule has 0 aliphatic carbocycles. The average Bonchev–Trinajstić information content (AvgIpc) is 2.97. The van der Waals surface area contributed by atoms with Crippen LogP contribution >= 0.6 is 0 Å². The van der Waals surface area contributed by atoms with Gasteiger partial charge in [0.15, 0.2) is 0 Å². The molecule has 1 aromatic rings. The van der Waals surface area contributed by atoms with E-state index >= 15 is 0 Å². The van der Waals surface area contributed by atoms with Gasteiger partial charge in [0.1, 0.15) is 5.69 Å². The Bertz CT molecular complexity index is 510. The normalized spacial score (nSPS) is 17.8. The topological polar surface area (TPSA) is 79.3 Å². The lowest BCUT2D eigenvalue weighted by molar-refractivity contribution is -0.130. The number of rotatable bonds is 3. The smallest absolute Gasteiger partial charge is 0.271 e. The first-order chi connectivity index (χ1) is 10.2. The van der Waals surface area contributed by atoms with Crippen LogP contribution in [0.4, 0.5) is 5.95 Å². The molecule has 0 aromatic carbocycles. The summed E-state index contributed by atoms with van der Waals surface area (Å²) in [7, 11) is 0. The number of aromatic nitrogens is 2. The minimum atomic E-state index is -0.288. The number of anilines is 1. The van der Waals surface area contributed by atoms with E-state index in [1.807, 2.05) is 9.47 Å². The molecule has 3 heterocycles. The molecule has 0 radical (unpaired) electrons. The molecule has 7 heteroatoms. The number of likely N-dealkylation sites (tertiary alicyclic amines) is 1. The molecule has 0 atom stereocenters. The van der Waals surface area contributed by atoms with Crippen LogP contribution in [0, 0.1) is 0 Å². The Morgan fingerprint density at radius 1 is 1.19 bits per heavy atom. The van der Waals surface area contributed by atoms with Crippen molar-refractivity contribution in [3.63, 3.8) is 0 Å². The number of fused-ring (bicyclic) bond motifs is 1. The Hall–Kier alpha value is -2.05. The fraction of sp³-hybridized carbons (Fsp3) is 0.643. The fourth-order valence-electron chi connectivity index (χ4n) is 2.79. The zero-order valence-electron chi connectivity index (χ0n) is 12.1. The van der Waals surface area contributed by atoms with Gasteiger partial charge in [-0.1, -0.05) is 0 Å². The third-order valence-corrected chi connectivity index (χ3v) is 3.98. The molecule has 114 valence electrons. The highest BCUT2D eigenvalue weighted by atomic mass is 16.2. The van der Waals surface area contributed by atoms with Gasteiger partial charge in [-0.2, -0.15) is 0 Å². The number of hydrogen-bond acceptors (Lipinski definition) is 4. The summed E-state index contributed by atoms with van der Waals surface area (Å²) in [5.74, 6) is 0.433. The van der Waals surface area contributed by atoms with Crippen LogP contribution < -0.4 is 10.6 Å². The van der Waals surface area contributed by atoms with Crippen LogP contribution in [0.3, 0.4) is 0 Å². The van der Waals surface area contributed by atoms with Crippen LogP contribution in [0.1, 0.15) is 36.2 Å². The summed E-state index contributed by atoms with van der Waals surface area (Å²) in [4.78, 5) is 30.1. The number of piperidine rings is 1. The molecule has 0 spiro atoms. The average molecular weight is 291 g/mol. The lowest BCUT2D eigenvalue weighted by Crippen LogP contribution is -2.42. The zero-order chi connectivity index (χ0) is 14.7. The Balaban J connectivity index is 1.53. The van der Waals surface area contributed by atoms with E-state index in [9.17, 15) is 9.59 Å². The molecule has 0 saturated carbocycles. The SMILES string of the molecule is O=C(NCC(=O)N1CCCCC1)c1cn2c(n1)NCCC2. The number of nitrogens with one attached hydrogen (secondary N) is 2. The maximum atomic E-state index is 12.1. The highest BCUT2D eigenvalue weighted by molar-refractivity contribution is 5.95. The van der Waals surface area contributed by atoms with E-state index < -0.39 is 0 Å². The first kappa shape index (κ1) is 13.9. The summed E-state index contributed by atoms with van der Waals surface area (Å²) < 4.78 is 1.94. The Labute approximate surface area is 123 Å². The molecule has 1 aromatic heterocycles. The number of carbonyl (C=O) groups excluding carboxylic acids is 2. The molecule has 1 saturated heterocycles. The minimum Gasteiger partial charge on any atom is -0.356 e. The Morgan fingerprint density at radius 2 is 2.00 bits per heavy atom. The number of carbonyl (C=O) groups is 2. The van der Waals surface area contributed by atoms with Crippen molar-refractivity contribution in [2.24, 2.45) is 0 Å². The standard InChI is InChI=1S/C14H21N5O2/c20-12(18-6-2-1-3-7-18)9-16-13(21)11-10-19-8-4-5-15-14(19)17-11/h10H,1-9H2,(H,15,17)(H,16,21). The Kier molecular flexibility index (Phi) is 4.08. The van der Waals surface area contributed by atoms with Crippen LogP contribution in [-0.4, -0.2) is 52.4 Å². The fourth-order valence-corrected chi connectivity index (χ4v) is 2.79. The van der Waals surface area contributed by atoms with Crippen LogP contribution in [0.5, 0.6) is 0 Å². The second-order valence-electron chi connectivity index (χ2n) is 5.55. The predicted molar refractivity (Wildman–Crippen MR) is 78.1 cm³/mol. The Morgan fingerprint density at radius 3 is 2.76 bits per heavy atom. The van der Waals surface area contributed by atoms with Crippen molar-refractivity contribution in [1.29, 1.82) is 0 Å². The molecule has 1 fully saturated rings. The zero-order valence-corrected chi connectivity index (χ0v) is 12.1. The maximum Gasteiger partial charge on any atom is 0.271 e. The van der Waals surface area contributed by atoms with Crippen molar-refractivity contribution in [3.05, 3.63) is 11.9 Å². The molecule has 0 bridgehead atoms. The van der Waals surface area contributed by atoms with Crippen molar-refractivity contribution < 1.29 is 9.59 Å². The molecule has 21 heavy (non-hydrogen) atoms. The van der Waals surface area contributed by atoms with Crippen LogP contribution in [0.2, 0.25) is 0 Å². The summed E-state index contributed by atoms with van der Waals surface area (Å²) in [5.41, 5.74) is 0.367. The second kappa shape index (κ2) is 6.15. The van der Waals surface area contributed by atoms with E-state index in [4.69, 9.17) is 0 Å². The molecular formula is C14H21N5O2. The highest BCUT2D eigenvalue weighted by Crippen LogP contribution is 2.14. The molecule has 2 aliphatic heterocycles. The number of amides is 2. The summed E-state index contributed by atoms with van der Waals surface area (Å²) in [6.07, 6.45) is 6.06. The van der Waals surface area contributed by atoms with E-state index in [0.717, 1.165) is 51.4 Å². The van der Waals surface area contributed by atoms with E-state index in [2.05, 4.69) is 15.6 Å². The van der Waals surface area contributed by atoms with Crippen LogP contribution in [0.15, 0.2) is 6.20 Å². The number of aryl methyl sites for hydroxylation is 1. The van der Waals surface area contributed by atoms with E-state index in [1.165, 1.54) is 6.42 Å². The molecule has 2 amide bonds. The van der Waals surface area contributed by atoms with E-state index in [1.54, 1.807) is 6.20 Å². The maximum absolute atomic E-state index is 12.1. The molecule has 2 N–H and O–H groups in total. The molecule has 3 rings (SSSR count). The molecule has 7 nitrogen and oxygen atoms in total. The highest BCUT2D eigenvalue weighted by Gasteiger charge is 2.19. The number of imidazole rings is 1. The van der Waals surface area contributed by atoms with Crippen molar-refractivity contribution in [2.45, 2.75) is 32.2 Å². The number of hydrogen-bond donors (Lipinski definition) is 2. The second-order valence-corrected chi connectivity index (χ2v) is 5.55. The largest absolute Gasteiger partial charge is 0.356 e. The van der Waals surface area contributed by atoms with Crippen LogP contribution in [-0.2, 0) is 11.3 Å². The van der Waals surface area contributed by atoms with Gasteiger partial charge in [0.05, 0.1) is 6.54 Å². The van der Waals surface area contributed by atoms with Crippen LogP contribution in [0.25, 0.3) is 0 Å². The minimum absolute atomic E-state index is 0.00912. The van der Waals surface area contributed by atoms with Gasteiger partial charge in [-0.05, 0) is 25.7 Å². The van der Waals surface area contributed by atoms with Crippen molar-refractivity contribution in [3.8, 4) is 0 Å². The van der Waals surface area contributed by atoms with Crippen molar-refractivity contribution in [1.82, 2.24) is 19.8 Å². The summed E-state index contributed by atoms with van der Waals surface area (Å²) in [6, 6.07) is 0. The number of nitrogens with zero attached hydrogens (tertiary/aromatic N) is 3. The predicted octanol–water partition coefficient (Wildman–Crippen LogP) is 0.441. The van der Waals surface area contributed by atoms with Crippen molar-refractivity contribution >= 4 is 17.8 Å². The van der Waals surface area contributed by atoms with Gasteiger partial charge in [0, 0.05) is 32.4 Å². The first-order valence-electron chi connectivity index (χ1n) is 7.61.